The first kappa shape index (κ1) is 21.4. The zero-order valence-corrected chi connectivity index (χ0v) is 17.9. The third kappa shape index (κ3) is 5.19. The second-order valence-electron chi connectivity index (χ2n) is 9.01. The molecule has 3 rings (SSSR count). The van der Waals surface area contributed by atoms with Gasteiger partial charge < -0.3 is 19.9 Å². The Morgan fingerprint density at radius 3 is 2.36 bits per heavy atom. The molecule has 2 aliphatic heterocycles. The van der Waals surface area contributed by atoms with E-state index in [1.807, 2.05) is 11.8 Å². The van der Waals surface area contributed by atoms with Crippen LogP contribution in [0.4, 0.5) is 4.79 Å². The maximum atomic E-state index is 12.6. The van der Waals surface area contributed by atoms with Gasteiger partial charge in [0.1, 0.15) is 0 Å². The molecular weight excluding hydrogens is 354 g/mol. The van der Waals surface area contributed by atoms with Crippen molar-refractivity contribution < 1.29 is 14.3 Å². The van der Waals surface area contributed by atoms with E-state index in [0.29, 0.717) is 18.1 Å². The molecule has 1 unspecified atom stereocenters. The maximum absolute atomic E-state index is 12.6. The van der Waals surface area contributed by atoms with E-state index in [4.69, 9.17) is 4.74 Å². The second-order valence-corrected chi connectivity index (χ2v) is 9.01. The Hall–Kier alpha value is -1.30. The van der Waals surface area contributed by atoms with Crippen molar-refractivity contribution in [2.45, 2.75) is 77.7 Å². The summed E-state index contributed by atoms with van der Waals surface area (Å²) in [7, 11) is 0. The standard InChI is InChI=1S/C22H39N3O3/c1-3-22(11-6-12-22)17-23-20(26)18-8-14-24(15-9-18)19-7-5-13-25(16-10-19)21(27)28-4-2/h18-19H,3-17H2,1-2H3,(H,23,26). The van der Waals surface area contributed by atoms with Crippen LogP contribution in [0.3, 0.4) is 0 Å². The molecule has 1 aliphatic carbocycles. The van der Waals surface area contributed by atoms with Gasteiger partial charge in [0.15, 0.2) is 0 Å². The molecule has 3 fully saturated rings. The lowest BCUT2D eigenvalue weighted by Gasteiger charge is -2.42. The van der Waals surface area contributed by atoms with Gasteiger partial charge in [0, 0.05) is 31.6 Å². The summed E-state index contributed by atoms with van der Waals surface area (Å²) >= 11 is 0. The van der Waals surface area contributed by atoms with E-state index in [0.717, 1.165) is 64.8 Å². The molecule has 160 valence electrons. The van der Waals surface area contributed by atoms with Gasteiger partial charge in [0.2, 0.25) is 5.91 Å². The second kappa shape index (κ2) is 9.95. The predicted octanol–water partition coefficient (Wildman–Crippen LogP) is 3.41. The van der Waals surface area contributed by atoms with Crippen molar-refractivity contribution in [1.29, 1.82) is 0 Å². The van der Waals surface area contributed by atoms with Crippen molar-refractivity contribution in [3.05, 3.63) is 0 Å². The summed E-state index contributed by atoms with van der Waals surface area (Å²) in [6.45, 7) is 8.99. The zero-order valence-electron chi connectivity index (χ0n) is 17.9. The Bertz CT molecular complexity index is 522. The number of piperidine rings is 1. The van der Waals surface area contributed by atoms with Gasteiger partial charge in [0.25, 0.3) is 0 Å². The molecule has 0 aromatic heterocycles. The van der Waals surface area contributed by atoms with Crippen molar-refractivity contribution in [2.24, 2.45) is 11.3 Å². The third-order valence-corrected chi connectivity index (χ3v) is 7.44. The molecule has 3 aliphatic rings. The minimum atomic E-state index is -0.171. The number of hydrogen-bond donors (Lipinski definition) is 1. The van der Waals surface area contributed by atoms with Crippen LogP contribution in [0.1, 0.15) is 71.6 Å². The molecular formula is C22H39N3O3. The van der Waals surface area contributed by atoms with Gasteiger partial charge >= 0.3 is 6.09 Å². The number of carbonyl (C=O) groups is 2. The predicted molar refractivity (Wildman–Crippen MR) is 110 cm³/mol. The smallest absolute Gasteiger partial charge is 0.409 e. The molecule has 0 spiro atoms. The van der Waals surface area contributed by atoms with E-state index >= 15 is 0 Å². The van der Waals surface area contributed by atoms with Crippen molar-refractivity contribution >= 4 is 12.0 Å². The number of nitrogens with zero attached hydrogens (tertiary/aromatic N) is 2. The summed E-state index contributed by atoms with van der Waals surface area (Å²) in [6.07, 6.45) is 9.96. The minimum Gasteiger partial charge on any atom is -0.450 e. The normalized spacial score (nSPS) is 26.2. The molecule has 0 bridgehead atoms. The topological polar surface area (TPSA) is 61.9 Å². The quantitative estimate of drug-likeness (QED) is 0.751. The fourth-order valence-corrected chi connectivity index (χ4v) is 5.12. The van der Waals surface area contributed by atoms with Gasteiger partial charge in [-0.2, -0.15) is 0 Å². The van der Waals surface area contributed by atoms with E-state index in [-0.39, 0.29) is 17.9 Å². The first-order valence-corrected chi connectivity index (χ1v) is 11.5. The zero-order chi connectivity index (χ0) is 20.0. The first-order chi connectivity index (χ1) is 13.6. The Morgan fingerprint density at radius 2 is 1.75 bits per heavy atom. The highest BCUT2D eigenvalue weighted by molar-refractivity contribution is 5.78. The summed E-state index contributed by atoms with van der Waals surface area (Å²) in [5.74, 6) is 0.445. The number of amides is 2. The van der Waals surface area contributed by atoms with Gasteiger partial charge in [-0.05, 0) is 76.8 Å². The lowest BCUT2D eigenvalue weighted by atomic mass is 9.67. The van der Waals surface area contributed by atoms with Crippen molar-refractivity contribution in [2.75, 3.05) is 39.3 Å². The highest BCUT2D eigenvalue weighted by atomic mass is 16.6. The van der Waals surface area contributed by atoms with Gasteiger partial charge in [-0.1, -0.05) is 13.3 Å². The average Bonchev–Trinajstić information content (AvgIpc) is 2.94. The molecule has 1 saturated carbocycles. The molecule has 2 heterocycles. The van der Waals surface area contributed by atoms with Crippen LogP contribution in [0.15, 0.2) is 0 Å². The summed E-state index contributed by atoms with van der Waals surface area (Å²) in [4.78, 5) is 29.0. The molecule has 28 heavy (non-hydrogen) atoms. The Balaban J connectivity index is 1.40. The molecule has 2 saturated heterocycles. The number of ether oxygens (including phenoxy) is 1. The molecule has 1 N–H and O–H groups in total. The highest BCUT2D eigenvalue weighted by Crippen LogP contribution is 2.43. The van der Waals surface area contributed by atoms with Crippen LogP contribution in [-0.2, 0) is 9.53 Å². The van der Waals surface area contributed by atoms with Crippen LogP contribution in [0.25, 0.3) is 0 Å². The van der Waals surface area contributed by atoms with Crippen LogP contribution in [0.2, 0.25) is 0 Å². The van der Waals surface area contributed by atoms with Crippen LogP contribution >= 0.6 is 0 Å². The number of carbonyl (C=O) groups excluding carboxylic acids is 2. The van der Waals surface area contributed by atoms with Crippen LogP contribution in [-0.4, -0.2) is 67.2 Å². The highest BCUT2D eigenvalue weighted by Gasteiger charge is 2.36. The Kier molecular flexibility index (Phi) is 7.61. The number of likely N-dealkylation sites (tertiary alicyclic amines) is 2. The lowest BCUT2D eigenvalue weighted by molar-refractivity contribution is -0.127. The molecule has 6 nitrogen and oxygen atoms in total. The van der Waals surface area contributed by atoms with Crippen LogP contribution < -0.4 is 5.32 Å². The van der Waals surface area contributed by atoms with Crippen molar-refractivity contribution in [1.82, 2.24) is 15.1 Å². The molecule has 6 heteroatoms. The summed E-state index contributed by atoms with van der Waals surface area (Å²) in [5, 5.41) is 3.27. The largest absolute Gasteiger partial charge is 0.450 e. The average molecular weight is 394 g/mol. The Labute approximate surface area is 170 Å². The third-order valence-electron chi connectivity index (χ3n) is 7.44. The van der Waals surface area contributed by atoms with E-state index in [1.54, 1.807) is 0 Å². The van der Waals surface area contributed by atoms with E-state index < -0.39 is 0 Å². The molecule has 1 atom stereocenters. The Morgan fingerprint density at radius 1 is 1.00 bits per heavy atom. The van der Waals surface area contributed by atoms with Gasteiger partial charge in [0.05, 0.1) is 6.61 Å². The fourth-order valence-electron chi connectivity index (χ4n) is 5.12. The first-order valence-electron chi connectivity index (χ1n) is 11.5. The fraction of sp³-hybridized carbons (Fsp3) is 0.909. The van der Waals surface area contributed by atoms with Crippen molar-refractivity contribution in [3.63, 3.8) is 0 Å². The lowest BCUT2D eigenvalue weighted by Crippen LogP contribution is -2.47. The molecule has 0 aromatic carbocycles. The van der Waals surface area contributed by atoms with E-state index in [1.165, 1.54) is 25.7 Å². The van der Waals surface area contributed by atoms with E-state index in [9.17, 15) is 9.59 Å². The number of rotatable bonds is 6. The number of nitrogens with one attached hydrogen (secondary N) is 1. The maximum Gasteiger partial charge on any atom is 0.409 e. The van der Waals surface area contributed by atoms with Crippen LogP contribution in [0, 0.1) is 11.3 Å². The molecule has 0 aromatic rings. The number of hydrogen-bond acceptors (Lipinski definition) is 4. The van der Waals surface area contributed by atoms with Gasteiger partial charge in [-0.3, -0.25) is 4.79 Å². The monoisotopic (exact) mass is 393 g/mol. The summed E-state index contributed by atoms with van der Waals surface area (Å²) < 4.78 is 5.15. The van der Waals surface area contributed by atoms with Gasteiger partial charge in [-0.15, -0.1) is 0 Å². The van der Waals surface area contributed by atoms with Crippen LogP contribution in [0.5, 0.6) is 0 Å². The molecule has 0 radical (unpaired) electrons. The molecule has 2 amide bonds. The summed E-state index contributed by atoms with van der Waals surface area (Å²) in [5.41, 5.74) is 0.390. The van der Waals surface area contributed by atoms with Crippen molar-refractivity contribution in [3.8, 4) is 0 Å². The SMILES string of the molecule is CCOC(=O)N1CCCC(N2CCC(C(=O)NCC3(CC)CCC3)CC2)CC1. The van der Waals surface area contributed by atoms with Gasteiger partial charge in [-0.25, -0.2) is 4.79 Å². The minimum absolute atomic E-state index is 0.171. The van der Waals surface area contributed by atoms with E-state index in [2.05, 4.69) is 17.1 Å². The summed E-state index contributed by atoms with van der Waals surface area (Å²) in [6, 6.07) is 0.529.